The average molecular weight is 179 g/mol. The van der Waals surface area contributed by atoms with Crippen molar-refractivity contribution >= 4 is 28.2 Å². The Hall–Kier alpha value is -1.28. The van der Waals surface area contributed by atoms with Crippen molar-refractivity contribution in [2.45, 2.75) is 0 Å². The van der Waals surface area contributed by atoms with Crippen molar-refractivity contribution in [3.8, 4) is 0 Å². The third-order valence-corrected chi connectivity index (χ3v) is 2.10. The summed E-state index contributed by atoms with van der Waals surface area (Å²) in [5.41, 5.74) is 7.22. The highest BCUT2D eigenvalue weighted by Gasteiger charge is 2.00. The van der Waals surface area contributed by atoms with Crippen molar-refractivity contribution < 1.29 is 0 Å². The van der Waals surface area contributed by atoms with Crippen LogP contribution in [0.25, 0.3) is 10.9 Å². The summed E-state index contributed by atoms with van der Waals surface area (Å²) in [6.07, 6.45) is 1.73. The van der Waals surface area contributed by atoms with Gasteiger partial charge < -0.3 is 5.73 Å². The zero-order valence-electron chi connectivity index (χ0n) is 6.29. The number of hydrogen-bond donors (Lipinski definition) is 1. The molecule has 2 N–H and O–H groups in total. The van der Waals surface area contributed by atoms with E-state index in [-0.39, 0.29) is 0 Å². The molecule has 2 aromatic rings. The number of nitrogens with two attached hydrogens (primary N) is 1. The summed E-state index contributed by atoms with van der Waals surface area (Å²) in [6, 6.07) is 7.36. The zero-order valence-corrected chi connectivity index (χ0v) is 7.05. The molecule has 1 aromatic heterocycles. The van der Waals surface area contributed by atoms with Gasteiger partial charge in [-0.3, -0.25) is 4.98 Å². The highest BCUT2D eigenvalue weighted by molar-refractivity contribution is 6.34. The van der Waals surface area contributed by atoms with E-state index in [1.807, 2.05) is 18.2 Å². The molecule has 0 bridgehead atoms. The van der Waals surface area contributed by atoms with Crippen LogP contribution in [-0.4, -0.2) is 4.98 Å². The molecule has 0 saturated carbocycles. The lowest BCUT2D eigenvalue weighted by molar-refractivity contribution is 1.41. The summed E-state index contributed by atoms with van der Waals surface area (Å²) in [5.74, 6) is 0. The number of rotatable bonds is 0. The van der Waals surface area contributed by atoms with Gasteiger partial charge in [-0.05, 0) is 24.3 Å². The Morgan fingerprint density at radius 3 is 2.92 bits per heavy atom. The highest BCUT2D eigenvalue weighted by Crippen LogP contribution is 2.26. The minimum Gasteiger partial charge on any atom is -0.397 e. The Labute approximate surface area is 75.0 Å². The van der Waals surface area contributed by atoms with Crippen LogP contribution in [0.4, 0.5) is 5.69 Å². The fourth-order valence-electron chi connectivity index (χ4n) is 1.15. The van der Waals surface area contributed by atoms with Crippen LogP contribution in [0.15, 0.2) is 30.5 Å². The first-order valence-electron chi connectivity index (χ1n) is 3.58. The monoisotopic (exact) mass is 178 g/mol. The van der Waals surface area contributed by atoms with Crippen LogP contribution in [0.5, 0.6) is 0 Å². The molecule has 0 saturated heterocycles. The number of anilines is 1. The third-order valence-electron chi connectivity index (χ3n) is 1.77. The molecule has 0 aliphatic heterocycles. The predicted octanol–water partition coefficient (Wildman–Crippen LogP) is 2.47. The Kier molecular flexibility index (Phi) is 1.62. The molecule has 1 heterocycles. The molecule has 2 rings (SSSR count). The molecule has 0 radical (unpaired) electrons. The maximum absolute atomic E-state index is 5.83. The van der Waals surface area contributed by atoms with E-state index in [1.54, 1.807) is 12.3 Å². The summed E-state index contributed by atoms with van der Waals surface area (Å²) in [4.78, 5) is 4.14. The minimum atomic E-state index is 0.579. The van der Waals surface area contributed by atoms with Gasteiger partial charge in [-0.1, -0.05) is 11.6 Å². The van der Waals surface area contributed by atoms with Crippen LogP contribution in [0.3, 0.4) is 0 Å². The molecule has 0 spiro atoms. The Morgan fingerprint density at radius 2 is 2.08 bits per heavy atom. The molecule has 3 heteroatoms. The van der Waals surface area contributed by atoms with E-state index in [0.717, 1.165) is 10.9 Å². The molecule has 12 heavy (non-hydrogen) atoms. The fraction of sp³-hybridized carbons (Fsp3) is 0. The standard InChI is InChI=1S/C9H7ClN2/c10-7-3-4-8-6(9(7)11)2-1-5-12-8/h1-5H,11H2. The summed E-state index contributed by atoms with van der Waals surface area (Å²) in [7, 11) is 0. The highest BCUT2D eigenvalue weighted by atomic mass is 35.5. The largest absolute Gasteiger partial charge is 0.397 e. The minimum absolute atomic E-state index is 0.579. The molecule has 0 aliphatic carbocycles. The SMILES string of the molecule is Nc1c(Cl)ccc2ncccc12. The quantitative estimate of drug-likeness (QED) is 0.630. The number of pyridine rings is 1. The topological polar surface area (TPSA) is 38.9 Å². The maximum atomic E-state index is 5.83. The van der Waals surface area contributed by atoms with Crippen molar-refractivity contribution in [3.05, 3.63) is 35.5 Å². The second-order valence-corrected chi connectivity index (χ2v) is 2.94. The van der Waals surface area contributed by atoms with E-state index < -0.39 is 0 Å². The van der Waals surface area contributed by atoms with Gasteiger partial charge in [0.2, 0.25) is 0 Å². The third kappa shape index (κ3) is 1.01. The second-order valence-electron chi connectivity index (χ2n) is 2.53. The summed E-state index contributed by atoms with van der Waals surface area (Å²) >= 11 is 5.83. The van der Waals surface area contributed by atoms with Crippen LogP contribution in [0.2, 0.25) is 5.02 Å². The number of nitrogen functional groups attached to an aromatic ring is 1. The van der Waals surface area contributed by atoms with E-state index >= 15 is 0 Å². The summed E-state index contributed by atoms with van der Waals surface area (Å²) in [6.45, 7) is 0. The summed E-state index contributed by atoms with van der Waals surface area (Å²) < 4.78 is 0. The molecule has 0 aliphatic rings. The first-order chi connectivity index (χ1) is 5.79. The number of nitrogens with zero attached hydrogens (tertiary/aromatic N) is 1. The lowest BCUT2D eigenvalue weighted by Crippen LogP contribution is -1.88. The fourth-order valence-corrected chi connectivity index (χ4v) is 1.31. The maximum Gasteiger partial charge on any atom is 0.0723 e. The number of hydrogen-bond acceptors (Lipinski definition) is 2. The van der Waals surface area contributed by atoms with Crippen molar-refractivity contribution in [2.24, 2.45) is 0 Å². The van der Waals surface area contributed by atoms with E-state index in [9.17, 15) is 0 Å². The molecule has 0 unspecified atom stereocenters. The zero-order chi connectivity index (χ0) is 8.55. The predicted molar refractivity (Wildman–Crippen MR) is 51.2 cm³/mol. The first-order valence-corrected chi connectivity index (χ1v) is 3.95. The van der Waals surface area contributed by atoms with Gasteiger partial charge in [0.1, 0.15) is 0 Å². The molecule has 1 aromatic carbocycles. The van der Waals surface area contributed by atoms with Gasteiger partial charge in [-0.25, -0.2) is 0 Å². The van der Waals surface area contributed by atoms with Crippen LogP contribution in [0.1, 0.15) is 0 Å². The van der Waals surface area contributed by atoms with Crippen LogP contribution < -0.4 is 5.73 Å². The molecule has 0 fully saturated rings. The molecule has 60 valence electrons. The van der Waals surface area contributed by atoms with Gasteiger partial charge in [0.05, 0.1) is 16.2 Å². The van der Waals surface area contributed by atoms with Crippen LogP contribution >= 0.6 is 11.6 Å². The molecule has 0 amide bonds. The number of fused-ring (bicyclic) bond motifs is 1. The Morgan fingerprint density at radius 1 is 1.25 bits per heavy atom. The van der Waals surface area contributed by atoms with E-state index in [1.165, 1.54) is 0 Å². The van der Waals surface area contributed by atoms with E-state index in [0.29, 0.717) is 10.7 Å². The van der Waals surface area contributed by atoms with Crippen molar-refractivity contribution in [1.29, 1.82) is 0 Å². The Balaban J connectivity index is 2.91. The summed E-state index contributed by atoms with van der Waals surface area (Å²) in [5, 5.41) is 1.49. The van der Waals surface area contributed by atoms with Gasteiger partial charge in [-0.2, -0.15) is 0 Å². The van der Waals surface area contributed by atoms with Crippen LogP contribution in [-0.2, 0) is 0 Å². The van der Waals surface area contributed by atoms with E-state index in [2.05, 4.69) is 4.98 Å². The number of aromatic nitrogens is 1. The first kappa shape index (κ1) is 7.37. The van der Waals surface area contributed by atoms with Crippen molar-refractivity contribution in [2.75, 3.05) is 5.73 Å². The van der Waals surface area contributed by atoms with Gasteiger partial charge in [0.15, 0.2) is 0 Å². The van der Waals surface area contributed by atoms with Crippen molar-refractivity contribution in [1.82, 2.24) is 4.98 Å². The lowest BCUT2D eigenvalue weighted by Gasteiger charge is -2.01. The normalized spacial score (nSPS) is 10.4. The molecule has 2 nitrogen and oxygen atoms in total. The molecule has 0 atom stereocenters. The van der Waals surface area contributed by atoms with Crippen molar-refractivity contribution in [3.63, 3.8) is 0 Å². The number of benzene rings is 1. The molecular weight excluding hydrogens is 172 g/mol. The lowest BCUT2D eigenvalue weighted by atomic mass is 10.2. The van der Waals surface area contributed by atoms with Gasteiger partial charge in [0, 0.05) is 11.6 Å². The smallest absolute Gasteiger partial charge is 0.0723 e. The van der Waals surface area contributed by atoms with Gasteiger partial charge in [-0.15, -0.1) is 0 Å². The van der Waals surface area contributed by atoms with Crippen LogP contribution in [0, 0.1) is 0 Å². The average Bonchev–Trinajstić information content (AvgIpc) is 2.12. The van der Waals surface area contributed by atoms with Gasteiger partial charge in [0.25, 0.3) is 0 Å². The number of halogens is 1. The van der Waals surface area contributed by atoms with Gasteiger partial charge >= 0.3 is 0 Å². The Bertz CT molecular complexity index is 426. The second kappa shape index (κ2) is 2.64. The molecular formula is C9H7ClN2. The van der Waals surface area contributed by atoms with E-state index in [4.69, 9.17) is 17.3 Å².